The van der Waals surface area contributed by atoms with E-state index in [0.29, 0.717) is 10.5 Å². The van der Waals surface area contributed by atoms with Crippen LogP contribution < -0.4 is 5.73 Å². The molecule has 6 nitrogen and oxygen atoms in total. The topological polar surface area (TPSA) is 107 Å². The Morgan fingerprint density at radius 2 is 1.65 bits per heavy atom. The van der Waals surface area contributed by atoms with E-state index in [1.165, 1.54) is 24.3 Å². The fraction of sp³-hybridized carbons (Fsp3) is 0.211. The summed E-state index contributed by atoms with van der Waals surface area (Å²) in [5, 5.41) is 18.8. The minimum Gasteiger partial charge on any atom is -0.480 e. The molecule has 2 rings (SSSR count). The Bertz CT molecular complexity index is 803. The number of hydrogen-bond acceptors (Lipinski definition) is 4. The fourth-order valence-corrected chi connectivity index (χ4v) is 2.54. The van der Waals surface area contributed by atoms with Gasteiger partial charge in [-0.3, -0.25) is 4.79 Å². The highest BCUT2D eigenvalue weighted by molar-refractivity contribution is 5.88. The summed E-state index contributed by atoms with van der Waals surface area (Å²) >= 11 is 0. The quantitative estimate of drug-likeness (QED) is 0.581. The molecule has 0 aliphatic heterocycles. The Kier molecular flexibility index (Phi) is 6.42. The van der Waals surface area contributed by atoms with Gasteiger partial charge in [0.15, 0.2) is 6.19 Å². The van der Waals surface area contributed by atoms with Gasteiger partial charge in [0.2, 0.25) is 0 Å². The summed E-state index contributed by atoms with van der Waals surface area (Å²) in [6.45, 7) is 0. The first-order chi connectivity index (χ1) is 12.4. The van der Waals surface area contributed by atoms with E-state index in [-0.39, 0.29) is 12.8 Å². The standard InChI is InChI=1S/C19H18FN3O3/c20-15-8-6-14(7-9-15)11-17(19(25)26)23(12-21)18(24)16(22)10-13-4-2-1-3-5-13/h1-9,16-17H,10-11,22H2,(H,25,26)/t16-,17-/m0/s1. The average molecular weight is 355 g/mol. The van der Waals surface area contributed by atoms with Crippen LogP contribution in [0.3, 0.4) is 0 Å². The first kappa shape index (κ1) is 19.1. The van der Waals surface area contributed by atoms with Gasteiger partial charge in [-0.05, 0) is 29.7 Å². The Morgan fingerprint density at radius 3 is 2.19 bits per heavy atom. The molecule has 0 spiro atoms. The molecule has 0 bridgehead atoms. The molecule has 0 unspecified atom stereocenters. The largest absolute Gasteiger partial charge is 0.480 e. The van der Waals surface area contributed by atoms with E-state index in [0.717, 1.165) is 5.56 Å². The lowest BCUT2D eigenvalue weighted by atomic mass is 10.0. The van der Waals surface area contributed by atoms with Crippen molar-refractivity contribution in [1.82, 2.24) is 4.90 Å². The lowest BCUT2D eigenvalue weighted by Gasteiger charge is -2.24. The van der Waals surface area contributed by atoms with Gasteiger partial charge in [0.1, 0.15) is 11.9 Å². The monoisotopic (exact) mass is 355 g/mol. The molecule has 2 aromatic rings. The second kappa shape index (κ2) is 8.74. The van der Waals surface area contributed by atoms with E-state index in [2.05, 4.69) is 0 Å². The molecule has 0 aliphatic carbocycles. The molecular weight excluding hydrogens is 337 g/mol. The molecule has 0 radical (unpaired) electrons. The number of benzene rings is 2. The first-order valence-corrected chi connectivity index (χ1v) is 7.92. The van der Waals surface area contributed by atoms with Crippen LogP contribution >= 0.6 is 0 Å². The van der Waals surface area contributed by atoms with Crippen molar-refractivity contribution >= 4 is 11.9 Å². The van der Waals surface area contributed by atoms with Gasteiger partial charge in [0.05, 0.1) is 6.04 Å². The first-order valence-electron chi connectivity index (χ1n) is 7.92. The second-order valence-electron chi connectivity index (χ2n) is 5.79. The van der Waals surface area contributed by atoms with Gasteiger partial charge >= 0.3 is 5.97 Å². The fourth-order valence-electron chi connectivity index (χ4n) is 2.54. The Hall–Kier alpha value is -3.24. The molecule has 2 aromatic carbocycles. The average Bonchev–Trinajstić information content (AvgIpc) is 2.63. The van der Waals surface area contributed by atoms with E-state index in [1.54, 1.807) is 30.5 Å². The Balaban J connectivity index is 2.16. The van der Waals surface area contributed by atoms with Gasteiger partial charge in [-0.1, -0.05) is 42.5 Å². The van der Waals surface area contributed by atoms with E-state index in [9.17, 15) is 24.3 Å². The molecular formula is C19H18FN3O3. The number of carbonyl (C=O) groups excluding carboxylic acids is 1. The van der Waals surface area contributed by atoms with Crippen LogP contribution in [0.4, 0.5) is 4.39 Å². The zero-order valence-corrected chi connectivity index (χ0v) is 13.9. The summed E-state index contributed by atoms with van der Waals surface area (Å²) in [6.07, 6.45) is 1.68. The maximum absolute atomic E-state index is 13.0. The minimum absolute atomic E-state index is 0.132. The number of amides is 1. The van der Waals surface area contributed by atoms with Crippen LogP contribution in [0, 0.1) is 17.3 Å². The lowest BCUT2D eigenvalue weighted by molar-refractivity contribution is -0.147. The normalized spacial score (nSPS) is 12.7. The van der Waals surface area contributed by atoms with Crippen molar-refractivity contribution < 1.29 is 19.1 Å². The number of hydrogen-bond donors (Lipinski definition) is 2. The molecule has 0 saturated carbocycles. The molecule has 26 heavy (non-hydrogen) atoms. The third kappa shape index (κ3) is 4.88. The molecule has 0 saturated heterocycles. The number of aliphatic carboxylic acids is 1. The van der Waals surface area contributed by atoms with Crippen LogP contribution in [0.25, 0.3) is 0 Å². The number of carbonyl (C=O) groups is 2. The highest BCUT2D eigenvalue weighted by Gasteiger charge is 2.33. The minimum atomic E-state index is -1.42. The van der Waals surface area contributed by atoms with Gasteiger partial charge in [-0.2, -0.15) is 5.26 Å². The van der Waals surface area contributed by atoms with Gasteiger partial charge in [-0.15, -0.1) is 0 Å². The summed E-state index contributed by atoms with van der Waals surface area (Å²) in [6, 6.07) is 11.7. The number of nitrogens with zero attached hydrogens (tertiary/aromatic N) is 2. The van der Waals surface area contributed by atoms with Crippen molar-refractivity contribution in [1.29, 1.82) is 5.26 Å². The molecule has 134 valence electrons. The third-order valence-electron chi connectivity index (χ3n) is 3.90. The molecule has 0 fully saturated rings. The molecule has 1 amide bonds. The lowest BCUT2D eigenvalue weighted by Crippen LogP contribution is -2.50. The Morgan fingerprint density at radius 1 is 1.08 bits per heavy atom. The van der Waals surface area contributed by atoms with Crippen LogP contribution in [0.2, 0.25) is 0 Å². The van der Waals surface area contributed by atoms with Crippen molar-refractivity contribution in [3.63, 3.8) is 0 Å². The van der Waals surface area contributed by atoms with Crippen LogP contribution in [0.15, 0.2) is 54.6 Å². The second-order valence-corrected chi connectivity index (χ2v) is 5.79. The Labute approximate surface area is 150 Å². The van der Waals surface area contributed by atoms with Crippen molar-refractivity contribution in [3.05, 3.63) is 71.5 Å². The summed E-state index contributed by atoms with van der Waals surface area (Å²) < 4.78 is 13.0. The predicted octanol–water partition coefficient (Wildman–Crippen LogP) is 1.70. The summed E-state index contributed by atoms with van der Waals surface area (Å²) in [5.74, 6) is -2.57. The van der Waals surface area contributed by atoms with Crippen LogP contribution in [0.1, 0.15) is 11.1 Å². The zero-order valence-electron chi connectivity index (χ0n) is 13.9. The summed E-state index contributed by atoms with van der Waals surface area (Å²) in [4.78, 5) is 24.7. The van der Waals surface area contributed by atoms with Gasteiger partial charge in [0, 0.05) is 6.42 Å². The van der Waals surface area contributed by atoms with E-state index in [1.807, 2.05) is 6.07 Å². The van der Waals surface area contributed by atoms with Crippen LogP contribution in [0.5, 0.6) is 0 Å². The van der Waals surface area contributed by atoms with E-state index in [4.69, 9.17) is 5.73 Å². The summed E-state index contributed by atoms with van der Waals surface area (Å²) in [7, 11) is 0. The molecule has 0 heterocycles. The molecule has 3 N–H and O–H groups in total. The number of halogens is 1. The van der Waals surface area contributed by atoms with Crippen molar-refractivity contribution in [2.45, 2.75) is 24.9 Å². The molecule has 0 aromatic heterocycles. The maximum atomic E-state index is 13.0. The van der Waals surface area contributed by atoms with Crippen LogP contribution in [-0.2, 0) is 22.4 Å². The van der Waals surface area contributed by atoms with Crippen molar-refractivity contribution in [3.8, 4) is 6.19 Å². The van der Waals surface area contributed by atoms with Crippen molar-refractivity contribution in [2.75, 3.05) is 0 Å². The van der Waals surface area contributed by atoms with Gasteiger partial charge < -0.3 is 10.8 Å². The number of rotatable bonds is 7. The summed E-state index contributed by atoms with van der Waals surface area (Å²) in [5.41, 5.74) is 7.18. The van der Waals surface area contributed by atoms with E-state index < -0.39 is 29.8 Å². The van der Waals surface area contributed by atoms with Gasteiger partial charge in [-0.25, -0.2) is 14.1 Å². The smallest absolute Gasteiger partial charge is 0.328 e. The molecule has 0 aliphatic rings. The van der Waals surface area contributed by atoms with Crippen molar-refractivity contribution in [2.24, 2.45) is 5.73 Å². The maximum Gasteiger partial charge on any atom is 0.328 e. The van der Waals surface area contributed by atoms with E-state index >= 15 is 0 Å². The molecule has 2 atom stereocenters. The number of carboxylic acids is 1. The predicted molar refractivity (Wildman–Crippen MR) is 92.1 cm³/mol. The zero-order chi connectivity index (χ0) is 19.1. The highest BCUT2D eigenvalue weighted by Crippen LogP contribution is 2.13. The van der Waals surface area contributed by atoms with Crippen LogP contribution in [-0.4, -0.2) is 34.0 Å². The third-order valence-corrected chi connectivity index (χ3v) is 3.90. The van der Waals surface area contributed by atoms with Gasteiger partial charge in [0.25, 0.3) is 5.91 Å². The number of carboxylic acid groups (broad SMARTS) is 1. The number of nitrogens with two attached hydrogens (primary N) is 1. The SMILES string of the molecule is N#CN(C(=O)[C@@H](N)Cc1ccccc1)[C@@H](Cc1ccc(F)cc1)C(=O)O. The highest BCUT2D eigenvalue weighted by atomic mass is 19.1. The molecule has 7 heteroatoms. The number of nitriles is 1.